The molecule has 1 aliphatic carbocycles. The third-order valence-electron chi connectivity index (χ3n) is 3.86. The first kappa shape index (κ1) is 14.1. The van der Waals surface area contributed by atoms with Crippen LogP contribution < -0.4 is 10.6 Å². The molecule has 106 valence electrons. The Morgan fingerprint density at radius 1 is 1.21 bits per heavy atom. The van der Waals surface area contributed by atoms with Crippen LogP contribution in [-0.4, -0.2) is 23.1 Å². The summed E-state index contributed by atoms with van der Waals surface area (Å²) in [6, 6.07) is 0. The molecule has 2 rings (SSSR count). The van der Waals surface area contributed by atoms with Gasteiger partial charge in [-0.1, -0.05) is 20.8 Å². The van der Waals surface area contributed by atoms with Gasteiger partial charge in [0.1, 0.15) is 18.0 Å². The molecular weight excluding hydrogens is 236 g/mol. The van der Waals surface area contributed by atoms with E-state index in [2.05, 4.69) is 41.4 Å². The number of nitrogens with zero attached hydrogens (tertiary/aromatic N) is 2. The molecule has 0 aromatic carbocycles. The van der Waals surface area contributed by atoms with Crippen LogP contribution in [0.1, 0.15) is 45.6 Å². The van der Waals surface area contributed by atoms with E-state index >= 15 is 0 Å². The van der Waals surface area contributed by atoms with Crippen molar-refractivity contribution in [1.29, 1.82) is 0 Å². The monoisotopic (exact) mass is 262 g/mol. The van der Waals surface area contributed by atoms with Crippen LogP contribution in [0.2, 0.25) is 0 Å². The van der Waals surface area contributed by atoms with Gasteiger partial charge in [0.2, 0.25) is 0 Å². The lowest BCUT2D eigenvalue weighted by atomic mass is 10.1. The van der Waals surface area contributed by atoms with E-state index in [9.17, 15) is 0 Å². The van der Waals surface area contributed by atoms with Crippen LogP contribution in [0.5, 0.6) is 0 Å². The largest absolute Gasteiger partial charge is 0.370 e. The third kappa shape index (κ3) is 3.82. The van der Waals surface area contributed by atoms with Crippen molar-refractivity contribution in [3.63, 3.8) is 0 Å². The molecule has 0 amide bonds. The van der Waals surface area contributed by atoms with E-state index in [1.54, 1.807) is 6.33 Å². The highest BCUT2D eigenvalue weighted by molar-refractivity contribution is 5.57. The van der Waals surface area contributed by atoms with Crippen molar-refractivity contribution in [2.45, 2.75) is 46.5 Å². The minimum Gasteiger partial charge on any atom is -0.370 e. The summed E-state index contributed by atoms with van der Waals surface area (Å²) in [5.41, 5.74) is 1.21. The maximum absolute atomic E-state index is 4.41. The van der Waals surface area contributed by atoms with Crippen molar-refractivity contribution in [1.82, 2.24) is 9.97 Å². The van der Waals surface area contributed by atoms with E-state index in [0.717, 1.165) is 49.4 Å². The van der Waals surface area contributed by atoms with Gasteiger partial charge in [-0.15, -0.1) is 0 Å². The Morgan fingerprint density at radius 2 is 1.89 bits per heavy atom. The second-order valence-electron chi connectivity index (χ2n) is 5.53. The van der Waals surface area contributed by atoms with Crippen LogP contribution in [0.3, 0.4) is 0 Å². The first-order valence-corrected chi connectivity index (χ1v) is 7.57. The zero-order valence-electron chi connectivity index (χ0n) is 12.4. The number of rotatable bonds is 8. The lowest BCUT2D eigenvalue weighted by Gasteiger charge is -2.16. The molecule has 4 heteroatoms. The van der Waals surface area contributed by atoms with Gasteiger partial charge >= 0.3 is 0 Å². The molecule has 0 saturated heterocycles. The fourth-order valence-electron chi connectivity index (χ4n) is 2.38. The van der Waals surface area contributed by atoms with Crippen LogP contribution in [0.25, 0.3) is 0 Å². The minimum atomic E-state index is 0.742. The molecule has 1 saturated carbocycles. The molecule has 2 N–H and O–H groups in total. The quantitative estimate of drug-likeness (QED) is 0.754. The summed E-state index contributed by atoms with van der Waals surface area (Å²) in [5.74, 6) is 3.66. The molecule has 0 radical (unpaired) electrons. The predicted octanol–water partition coefficient (Wildman–Crippen LogP) is 3.32. The highest BCUT2D eigenvalue weighted by Gasteiger charge is 2.27. The zero-order chi connectivity index (χ0) is 13.7. The highest BCUT2D eigenvalue weighted by Crippen LogP contribution is 2.36. The molecule has 1 fully saturated rings. The summed E-state index contributed by atoms with van der Waals surface area (Å²) in [4.78, 5) is 8.77. The first-order valence-electron chi connectivity index (χ1n) is 7.57. The SMILES string of the molecule is CCCNc1ncnc(NCC(C)C2CC2)c1CC. The van der Waals surface area contributed by atoms with Crippen molar-refractivity contribution in [2.75, 3.05) is 23.7 Å². The maximum Gasteiger partial charge on any atom is 0.134 e. The Balaban J connectivity index is 2.01. The van der Waals surface area contributed by atoms with Gasteiger partial charge in [0, 0.05) is 18.7 Å². The molecule has 1 atom stereocenters. The van der Waals surface area contributed by atoms with Gasteiger partial charge in [-0.2, -0.15) is 0 Å². The second kappa shape index (κ2) is 6.73. The summed E-state index contributed by atoms with van der Waals surface area (Å²) in [6.45, 7) is 8.62. The fourth-order valence-corrected chi connectivity index (χ4v) is 2.38. The molecule has 1 aromatic heterocycles. The number of hydrogen-bond acceptors (Lipinski definition) is 4. The van der Waals surface area contributed by atoms with E-state index in [4.69, 9.17) is 0 Å². The normalized spacial score (nSPS) is 16.2. The molecule has 1 aromatic rings. The third-order valence-corrected chi connectivity index (χ3v) is 3.86. The Hall–Kier alpha value is -1.32. The second-order valence-corrected chi connectivity index (χ2v) is 5.53. The number of aromatic nitrogens is 2. The molecule has 0 bridgehead atoms. The molecule has 1 heterocycles. The summed E-state index contributed by atoms with van der Waals surface area (Å²) >= 11 is 0. The molecule has 19 heavy (non-hydrogen) atoms. The van der Waals surface area contributed by atoms with E-state index in [1.165, 1.54) is 18.4 Å². The van der Waals surface area contributed by atoms with Crippen LogP contribution in [0.15, 0.2) is 6.33 Å². The number of anilines is 2. The fraction of sp³-hybridized carbons (Fsp3) is 0.733. The van der Waals surface area contributed by atoms with Crippen LogP contribution in [-0.2, 0) is 6.42 Å². The standard InChI is InChI=1S/C15H26N4/c1-4-8-16-14-13(5-2)15(19-10-18-14)17-9-11(3)12-6-7-12/h10-12H,4-9H2,1-3H3,(H2,16,17,18,19). The topological polar surface area (TPSA) is 49.8 Å². The Kier molecular flexibility index (Phi) is 5.00. The van der Waals surface area contributed by atoms with Crippen molar-refractivity contribution >= 4 is 11.6 Å². The van der Waals surface area contributed by atoms with Crippen LogP contribution in [0.4, 0.5) is 11.6 Å². The van der Waals surface area contributed by atoms with E-state index in [1.807, 2.05) is 0 Å². The number of nitrogens with one attached hydrogen (secondary N) is 2. The van der Waals surface area contributed by atoms with Crippen molar-refractivity contribution in [3.8, 4) is 0 Å². The molecule has 1 aliphatic rings. The van der Waals surface area contributed by atoms with Crippen molar-refractivity contribution < 1.29 is 0 Å². The van der Waals surface area contributed by atoms with E-state index in [-0.39, 0.29) is 0 Å². The van der Waals surface area contributed by atoms with Gasteiger partial charge in [-0.3, -0.25) is 0 Å². The average molecular weight is 262 g/mol. The number of hydrogen-bond donors (Lipinski definition) is 2. The predicted molar refractivity (Wildman–Crippen MR) is 80.6 cm³/mol. The highest BCUT2D eigenvalue weighted by atomic mass is 15.1. The summed E-state index contributed by atoms with van der Waals surface area (Å²) < 4.78 is 0. The first-order chi connectivity index (χ1) is 9.26. The molecule has 0 spiro atoms. The molecule has 4 nitrogen and oxygen atoms in total. The Labute approximate surface area is 116 Å². The van der Waals surface area contributed by atoms with Crippen molar-refractivity contribution in [2.24, 2.45) is 11.8 Å². The van der Waals surface area contributed by atoms with Crippen LogP contribution >= 0.6 is 0 Å². The molecule has 1 unspecified atom stereocenters. The van der Waals surface area contributed by atoms with E-state index < -0.39 is 0 Å². The lowest BCUT2D eigenvalue weighted by Crippen LogP contribution is -2.16. The van der Waals surface area contributed by atoms with E-state index in [0.29, 0.717) is 0 Å². The molecule has 0 aliphatic heterocycles. The van der Waals surface area contributed by atoms with Gasteiger partial charge in [0.15, 0.2) is 0 Å². The summed E-state index contributed by atoms with van der Waals surface area (Å²) in [7, 11) is 0. The zero-order valence-corrected chi connectivity index (χ0v) is 12.4. The smallest absolute Gasteiger partial charge is 0.134 e. The van der Waals surface area contributed by atoms with Gasteiger partial charge in [-0.25, -0.2) is 9.97 Å². The average Bonchev–Trinajstić information content (AvgIpc) is 3.26. The van der Waals surface area contributed by atoms with Gasteiger partial charge in [0.25, 0.3) is 0 Å². The Bertz CT molecular complexity index is 401. The van der Waals surface area contributed by atoms with Gasteiger partial charge in [0.05, 0.1) is 0 Å². The maximum atomic E-state index is 4.41. The summed E-state index contributed by atoms with van der Waals surface area (Å²) in [5, 5.41) is 6.90. The lowest BCUT2D eigenvalue weighted by molar-refractivity contribution is 0.535. The molecular formula is C15H26N4. The van der Waals surface area contributed by atoms with Gasteiger partial charge < -0.3 is 10.6 Å². The Morgan fingerprint density at radius 3 is 2.47 bits per heavy atom. The van der Waals surface area contributed by atoms with Crippen LogP contribution in [0, 0.1) is 11.8 Å². The minimum absolute atomic E-state index is 0.742. The van der Waals surface area contributed by atoms with Crippen molar-refractivity contribution in [3.05, 3.63) is 11.9 Å². The van der Waals surface area contributed by atoms with Gasteiger partial charge in [-0.05, 0) is 37.5 Å². The summed E-state index contributed by atoms with van der Waals surface area (Å²) in [6.07, 6.45) is 6.51.